The molecule has 1 aromatic heterocycles. The Hall–Kier alpha value is -1.63. The summed E-state index contributed by atoms with van der Waals surface area (Å²) in [6.07, 6.45) is 0.988. The molecule has 1 aliphatic rings. The molecule has 0 radical (unpaired) electrons. The van der Waals surface area contributed by atoms with Crippen molar-refractivity contribution in [1.82, 2.24) is 5.43 Å². The number of fused-ring (bicyclic) bond motifs is 2. The van der Waals surface area contributed by atoms with Gasteiger partial charge in [0.1, 0.15) is 10.8 Å². The zero-order valence-corrected chi connectivity index (χ0v) is 12.6. The largest absolute Gasteiger partial charge is 0.395 e. The van der Waals surface area contributed by atoms with E-state index >= 15 is 0 Å². The lowest BCUT2D eigenvalue weighted by atomic mass is 10.2. The number of rotatable bonds is 4. The first-order valence-electron chi connectivity index (χ1n) is 7.02. The number of hydrazine groups is 1. The molecule has 0 bridgehead atoms. The van der Waals surface area contributed by atoms with Crippen LogP contribution in [-0.4, -0.2) is 18.3 Å². The summed E-state index contributed by atoms with van der Waals surface area (Å²) in [6, 6.07) is 6.89. The van der Waals surface area contributed by atoms with Gasteiger partial charge in [0.15, 0.2) is 0 Å². The molecule has 0 saturated heterocycles. The zero-order chi connectivity index (χ0) is 14.8. The number of benzene rings is 1. The van der Waals surface area contributed by atoms with E-state index in [1.54, 1.807) is 17.4 Å². The van der Waals surface area contributed by atoms with E-state index in [1.165, 1.54) is 22.6 Å². The van der Waals surface area contributed by atoms with E-state index in [4.69, 9.17) is 5.11 Å². The van der Waals surface area contributed by atoms with Gasteiger partial charge in [0.05, 0.1) is 18.0 Å². The molecule has 0 saturated carbocycles. The molecule has 6 heteroatoms. The van der Waals surface area contributed by atoms with Crippen molar-refractivity contribution < 1.29 is 9.50 Å². The van der Waals surface area contributed by atoms with E-state index < -0.39 is 0 Å². The third kappa shape index (κ3) is 2.74. The summed E-state index contributed by atoms with van der Waals surface area (Å²) in [4.78, 5) is 1.31. The predicted octanol–water partition coefficient (Wildman–Crippen LogP) is 3.01. The van der Waals surface area contributed by atoms with E-state index in [1.807, 2.05) is 5.01 Å². The monoisotopic (exact) mass is 307 g/mol. The lowest BCUT2D eigenvalue weighted by molar-refractivity contribution is 0.293. The second kappa shape index (κ2) is 6.01. The van der Waals surface area contributed by atoms with Crippen molar-refractivity contribution >= 4 is 27.7 Å². The lowest BCUT2D eigenvalue weighted by Crippen LogP contribution is -2.35. The van der Waals surface area contributed by atoms with Gasteiger partial charge in [-0.1, -0.05) is 6.92 Å². The molecule has 1 aromatic carbocycles. The average molecular weight is 307 g/mol. The molecule has 0 amide bonds. The quantitative estimate of drug-likeness (QED) is 0.812. The molecule has 3 N–H and O–H groups in total. The highest BCUT2D eigenvalue weighted by molar-refractivity contribution is 7.16. The van der Waals surface area contributed by atoms with Gasteiger partial charge in [0, 0.05) is 23.5 Å². The maximum Gasteiger partial charge on any atom is 0.125 e. The first kappa shape index (κ1) is 14.3. The molecule has 3 rings (SSSR count). The van der Waals surface area contributed by atoms with Gasteiger partial charge in [-0.3, -0.25) is 5.01 Å². The molecule has 2 heterocycles. The Morgan fingerprint density at radius 1 is 1.43 bits per heavy atom. The Kier molecular flexibility index (Phi) is 4.10. The summed E-state index contributed by atoms with van der Waals surface area (Å²) in [5.41, 5.74) is 6.01. The first-order valence-corrected chi connectivity index (χ1v) is 7.84. The number of aliphatic hydroxyl groups excluding tert-OH is 1. The second-order valence-corrected chi connectivity index (χ2v) is 5.99. The summed E-state index contributed by atoms with van der Waals surface area (Å²) in [7, 11) is 0. The number of hydrogen-bond acceptors (Lipinski definition) is 5. The van der Waals surface area contributed by atoms with Crippen LogP contribution in [0.4, 0.5) is 20.8 Å². The molecule has 4 nitrogen and oxygen atoms in total. The Labute approximate surface area is 127 Å². The minimum absolute atomic E-state index is 0.0435. The van der Waals surface area contributed by atoms with Crippen molar-refractivity contribution in [2.24, 2.45) is 0 Å². The molecule has 2 aromatic rings. The van der Waals surface area contributed by atoms with Crippen molar-refractivity contribution in [3.63, 3.8) is 0 Å². The standard InChI is InChI=1S/C15H18FN3OS/c1-2-12-7-10-9-17-13-8-11(16)3-4-14(13)19(15(10)21-12)18-5-6-20/h3-4,7-8,17-18,20H,2,5-6,9H2,1H3. The Morgan fingerprint density at radius 2 is 2.29 bits per heavy atom. The number of nitrogens with one attached hydrogen (secondary N) is 2. The maximum atomic E-state index is 13.5. The number of aryl methyl sites for hydroxylation is 1. The van der Waals surface area contributed by atoms with Crippen molar-refractivity contribution in [2.75, 3.05) is 23.5 Å². The first-order chi connectivity index (χ1) is 10.2. The number of thiophene rings is 1. The van der Waals surface area contributed by atoms with Crippen molar-refractivity contribution in [3.8, 4) is 0 Å². The van der Waals surface area contributed by atoms with Gasteiger partial charge in [-0.2, -0.15) is 0 Å². The minimum Gasteiger partial charge on any atom is -0.395 e. The molecule has 112 valence electrons. The van der Waals surface area contributed by atoms with Crippen LogP contribution in [0.15, 0.2) is 24.3 Å². The Morgan fingerprint density at radius 3 is 3.05 bits per heavy atom. The van der Waals surface area contributed by atoms with E-state index in [0.717, 1.165) is 22.8 Å². The van der Waals surface area contributed by atoms with Gasteiger partial charge in [-0.15, -0.1) is 11.3 Å². The van der Waals surface area contributed by atoms with E-state index in [9.17, 15) is 4.39 Å². The Bertz CT molecular complexity index is 644. The molecular formula is C15H18FN3OS. The fourth-order valence-electron chi connectivity index (χ4n) is 2.43. The summed E-state index contributed by atoms with van der Waals surface area (Å²) < 4.78 is 13.5. The molecule has 0 unspecified atom stereocenters. The summed E-state index contributed by atoms with van der Waals surface area (Å²) >= 11 is 1.72. The van der Waals surface area contributed by atoms with E-state index in [0.29, 0.717) is 13.1 Å². The molecule has 0 aliphatic carbocycles. The SMILES string of the molecule is CCc1cc2c(s1)N(NCCO)c1ccc(F)cc1NC2. The second-order valence-electron chi connectivity index (χ2n) is 4.88. The smallest absolute Gasteiger partial charge is 0.125 e. The van der Waals surface area contributed by atoms with Gasteiger partial charge in [-0.25, -0.2) is 9.82 Å². The molecular weight excluding hydrogens is 289 g/mol. The molecule has 21 heavy (non-hydrogen) atoms. The third-order valence-electron chi connectivity index (χ3n) is 3.44. The number of anilines is 3. The molecule has 0 atom stereocenters. The number of nitrogens with zero attached hydrogens (tertiary/aromatic N) is 1. The number of aliphatic hydroxyl groups is 1. The summed E-state index contributed by atoms with van der Waals surface area (Å²) in [5.74, 6) is -0.261. The summed E-state index contributed by atoms with van der Waals surface area (Å²) in [6.45, 7) is 3.28. The van der Waals surface area contributed by atoms with Crippen molar-refractivity contribution in [1.29, 1.82) is 0 Å². The normalized spacial score (nSPS) is 13.4. The molecule has 1 aliphatic heterocycles. The van der Waals surface area contributed by atoms with Crippen LogP contribution in [0.2, 0.25) is 0 Å². The predicted molar refractivity (Wildman–Crippen MR) is 84.7 cm³/mol. The fraction of sp³-hybridized carbons (Fsp3) is 0.333. The minimum atomic E-state index is -0.261. The third-order valence-corrected chi connectivity index (χ3v) is 4.75. The summed E-state index contributed by atoms with van der Waals surface area (Å²) in [5, 5.41) is 15.4. The fourth-order valence-corrected chi connectivity index (χ4v) is 3.54. The van der Waals surface area contributed by atoms with Crippen LogP contribution in [0.1, 0.15) is 17.4 Å². The van der Waals surface area contributed by atoms with Crippen molar-refractivity contribution in [3.05, 3.63) is 40.5 Å². The van der Waals surface area contributed by atoms with E-state index in [-0.39, 0.29) is 12.4 Å². The average Bonchev–Trinajstić information content (AvgIpc) is 2.84. The van der Waals surface area contributed by atoms with Crippen LogP contribution >= 0.6 is 11.3 Å². The van der Waals surface area contributed by atoms with Crippen LogP contribution in [0.5, 0.6) is 0 Å². The van der Waals surface area contributed by atoms with Gasteiger partial charge >= 0.3 is 0 Å². The van der Waals surface area contributed by atoms with Crippen LogP contribution in [0, 0.1) is 5.82 Å². The number of hydrogen-bond donors (Lipinski definition) is 3. The number of halogens is 1. The highest BCUT2D eigenvalue weighted by Crippen LogP contribution is 2.41. The highest BCUT2D eigenvalue weighted by Gasteiger charge is 2.23. The maximum absolute atomic E-state index is 13.5. The van der Waals surface area contributed by atoms with Crippen molar-refractivity contribution in [2.45, 2.75) is 19.9 Å². The van der Waals surface area contributed by atoms with Crippen LogP contribution in [0.3, 0.4) is 0 Å². The van der Waals surface area contributed by atoms with Crippen LogP contribution < -0.4 is 15.8 Å². The van der Waals surface area contributed by atoms with Crippen LogP contribution in [0.25, 0.3) is 0 Å². The van der Waals surface area contributed by atoms with Crippen LogP contribution in [-0.2, 0) is 13.0 Å². The topological polar surface area (TPSA) is 47.5 Å². The molecule has 0 fully saturated rings. The van der Waals surface area contributed by atoms with Gasteiger partial charge in [-0.05, 0) is 30.7 Å². The Balaban J connectivity index is 2.07. The van der Waals surface area contributed by atoms with E-state index in [2.05, 4.69) is 23.7 Å². The molecule has 0 spiro atoms. The van der Waals surface area contributed by atoms with Gasteiger partial charge < -0.3 is 10.4 Å². The lowest BCUT2D eigenvalue weighted by Gasteiger charge is -2.24. The van der Waals surface area contributed by atoms with Gasteiger partial charge in [0.25, 0.3) is 0 Å². The highest BCUT2D eigenvalue weighted by atomic mass is 32.1. The zero-order valence-electron chi connectivity index (χ0n) is 11.8. The van der Waals surface area contributed by atoms with Gasteiger partial charge in [0.2, 0.25) is 0 Å².